The van der Waals surface area contributed by atoms with Gasteiger partial charge in [-0.25, -0.2) is 0 Å². The molecule has 8 heteroatoms. The van der Waals surface area contributed by atoms with Crippen molar-refractivity contribution in [2.45, 2.75) is 18.7 Å². The molecule has 0 aromatic heterocycles. The van der Waals surface area contributed by atoms with E-state index in [4.69, 9.17) is 15.8 Å². The lowest BCUT2D eigenvalue weighted by Gasteiger charge is -2.10. The topological polar surface area (TPSA) is 86.5 Å². The van der Waals surface area contributed by atoms with Crippen molar-refractivity contribution in [3.8, 4) is 5.75 Å². The number of rotatable bonds is 4. The van der Waals surface area contributed by atoms with Crippen LogP contribution in [0, 0.1) is 24.0 Å². The Morgan fingerprint density at radius 2 is 1.82 bits per heavy atom. The second-order valence-electron chi connectivity index (χ2n) is 4.68. The molecule has 0 bridgehead atoms. The molecule has 0 fully saturated rings. The number of aryl methyl sites for hydroxylation is 2. The fourth-order valence-corrected chi connectivity index (χ4v) is 3.28. The Kier molecular flexibility index (Phi) is 4.39. The minimum absolute atomic E-state index is 0.130. The van der Waals surface area contributed by atoms with Crippen LogP contribution in [0.15, 0.2) is 41.3 Å². The predicted molar refractivity (Wildman–Crippen MR) is 81.8 cm³/mol. The Hall–Kier alpha value is -2.12. The van der Waals surface area contributed by atoms with Crippen LogP contribution in [-0.2, 0) is 10.1 Å². The first kappa shape index (κ1) is 16.3. The Labute approximate surface area is 132 Å². The average Bonchev–Trinajstić information content (AvgIpc) is 2.43. The average molecular weight is 342 g/mol. The van der Waals surface area contributed by atoms with Crippen LogP contribution < -0.4 is 4.18 Å². The molecule has 0 unspecified atom stereocenters. The van der Waals surface area contributed by atoms with E-state index in [9.17, 15) is 18.5 Å². The first-order valence-corrected chi connectivity index (χ1v) is 7.95. The molecule has 2 aromatic carbocycles. The third kappa shape index (κ3) is 3.37. The van der Waals surface area contributed by atoms with E-state index in [0.717, 1.165) is 0 Å². The van der Waals surface area contributed by atoms with Gasteiger partial charge in [0.15, 0.2) is 0 Å². The molecule has 2 rings (SSSR count). The second kappa shape index (κ2) is 5.94. The SMILES string of the molecule is Cc1ccc(OS(=O)(=O)c2cc(Cl)ccc2C)c([N+](=O)[O-])c1. The van der Waals surface area contributed by atoms with Crippen LogP contribution in [0.5, 0.6) is 5.75 Å². The van der Waals surface area contributed by atoms with Gasteiger partial charge in [-0.15, -0.1) is 0 Å². The van der Waals surface area contributed by atoms with Gasteiger partial charge in [0.1, 0.15) is 4.90 Å². The number of hydrogen-bond donors (Lipinski definition) is 0. The number of benzene rings is 2. The smallest absolute Gasteiger partial charge is 0.339 e. The second-order valence-corrected chi connectivity index (χ2v) is 6.63. The van der Waals surface area contributed by atoms with E-state index in [-0.39, 0.29) is 15.7 Å². The van der Waals surface area contributed by atoms with Crippen LogP contribution in [0.1, 0.15) is 11.1 Å². The lowest BCUT2D eigenvalue weighted by molar-refractivity contribution is -0.385. The highest BCUT2D eigenvalue weighted by molar-refractivity contribution is 7.87. The van der Waals surface area contributed by atoms with Gasteiger partial charge in [-0.1, -0.05) is 23.7 Å². The summed E-state index contributed by atoms with van der Waals surface area (Å²) >= 11 is 5.80. The summed E-state index contributed by atoms with van der Waals surface area (Å²) in [6.07, 6.45) is 0. The fourth-order valence-electron chi connectivity index (χ4n) is 1.85. The molecule has 22 heavy (non-hydrogen) atoms. The molecule has 0 radical (unpaired) electrons. The van der Waals surface area contributed by atoms with Crippen LogP contribution in [0.4, 0.5) is 5.69 Å². The number of nitro groups is 1. The van der Waals surface area contributed by atoms with E-state index >= 15 is 0 Å². The fraction of sp³-hybridized carbons (Fsp3) is 0.143. The van der Waals surface area contributed by atoms with Gasteiger partial charge in [0.05, 0.1) is 4.92 Å². The molecule has 2 aromatic rings. The van der Waals surface area contributed by atoms with Crippen LogP contribution in [0.2, 0.25) is 5.02 Å². The van der Waals surface area contributed by atoms with Crippen molar-refractivity contribution in [2.75, 3.05) is 0 Å². The number of hydrogen-bond acceptors (Lipinski definition) is 5. The van der Waals surface area contributed by atoms with E-state index < -0.39 is 20.7 Å². The standard InChI is InChI=1S/C14H12ClNO5S/c1-9-3-6-13(12(7-9)16(17)18)21-22(19,20)14-8-11(15)5-4-10(14)2/h3-8H,1-2H3. The molecule has 116 valence electrons. The number of halogens is 1. The summed E-state index contributed by atoms with van der Waals surface area (Å²) in [7, 11) is -4.22. The molecule has 0 atom stereocenters. The maximum absolute atomic E-state index is 12.3. The summed E-state index contributed by atoms with van der Waals surface area (Å²) in [4.78, 5) is 10.2. The highest BCUT2D eigenvalue weighted by Gasteiger charge is 2.25. The molecule has 0 saturated heterocycles. The molecular weight excluding hydrogens is 330 g/mol. The summed E-state index contributed by atoms with van der Waals surface area (Å²) in [5.74, 6) is -0.338. The maximum atomic E-state index is 12.3. The van der Waals surface area contributed by atoms with Crippen molar-refractivity contribution in [1.82, 2.24) is 0 Å². The first-order valence-electron chi connectivity index (χ1n) is 6.16. The third-order valence-electron chi connectivity index (χ3n) is 2.93. The lowest BCUT2D eigenvalue weighted by Crippen LogP contribution is -2.12. The zero-order valence-corrected chi connectivity index (χ0v) is 13.3. The van der Waals surface area contributed by atoms with E-state index in [1.54, 1.807) is 19.9 Å². The van der Waals surface area contributed by atoms with Crippen molar-refractivity contribution in [3.63, 3.8) is 0 Å². The molecular formula is C14H12ClNO5S. The Bertz CT molecular complexity index is 848. The van der Waals surface area contributed by atoms with Gasteiger partial charge in [-0.3, -0.25) is 10.1 Å². The normalized spacial score (nSPS) is 11.2. The molecule has 0 saturated carbocycles. The van der Waals surface area contributed by atoms with Gasteiger partial charge in [-0.05, 0) is 43.2 Å². The van der Waals surface area contributed by atoms with Crippen molar-refractivity contribution in [1.29, 1.82) is 0 Å². The maximum Gasteiger partial charge on any atom is 0.339 e. The van der Waals surface area contributed by atoms with Gasteiger partial charge in [0.25, 0.3) is 0 Å². The molecule has 0 spiro atoms. The predicted octanol–water partition coefficient (Wildman–Crippen LogP) is 3.63. The first-order chi connectivity index (χ1) is 10.2. The summed E-state index contributed by atoms with van der Waals surface area (Å²) < 4.78 is 29.6. The number of nitro benzene ring substituents is 1. The largest absolute Gasteiger partial charge is 0.372 e. The summed E-state index contributed by atoms with van der Waals surface area (Å²) in [6, 6.07) is 8.35. The Morgan fingerprint density at radius 1 is 1.14 bits per heavy atom. The van der Waals surface area contributed by atoms with Crippen LogP contribution in [-0.4, -0.2) is 13.3 Å². The van der Waals surface area contributed by atoms with Gasteiger partial charge in [-0.2, -0.15) is 8.42 Å². The van der Waals surface area contributed by atoms with Crippen LogP contribution in [0.25, 0.3) is 0 Å². The van der Waals surface area contributed by atoms with E-state index in [0.29, 0.717) is 11.1 Å². The molecule has 0 amide bonds. The summed E-state index contributed by atoms with van der Waals surface area (Å²) in [6.45, 7) is 3.24. The minimum Gasteiger partial charge on any atom is -0.372 e. The monoisotopic (exact) mass is 341 g/mol. The quantitative estimate of drug-likeness (QED) is 0.481. The molecule has 0 aliphatic heterocycles. The Balaban J connectivity index is 2.50. The summed E-state index contributed by atoms with van der Waals surface area (Å²) in [5, 5.41) is 11.3. The van der Waals surface area contributed by atoms with Gasteiger partial charge < -0.3 is 4.18 Å². The number of nitrogens with zero attached hydrogens (tertiary/aromatic N) is 1. The minimum atomic E-state index is -4.22. The molecule has 0 N–H and O–H groups in total. The molecule has 0 aliphatic rings. The zero-order valence-electron chi connectivity index (χ0n) is 11.7. The van der Waals surface area contributed by atoms with Crippen molar-refractivity contribution < 1.29 is 17.5 Å². The van der Waals surface area contributed by atoms with E-state index in [2.05, 4.69) is 0 Å². The van der Waals surface area contributed by atoms with Crippen molar-refractivity contribution >= 4 is 27.4 Å². The highest BCUT2D eigenvalue weighted by Crippen LogP contribution is 2.31. The van der Waals surface area contributed by atoms with Gasteiger partial charge >= 0.3 is 15.8 Å². The van der Waals surface area contributed by atoms with Crippen molar-refractivity contribution in [2.24, 2.45) is 0 Å². The van der Waals surface area contributed by atoms with Gasteiger partial charge in [0.2, 0.25) is 5.75 Å². The lowest BCUT2D eigenvalue weighted by atomic mass is 10.2. The molecule has 0 heterocycles. The van der Waals surface area contributed by atoms with Crippen molar-refractivity contribution in [3.05, 3.63) is 62.7 Å². The Morgan fingerprint density at radius 3 is 2.45 bits per heavy atom. The highest BCUT2D eigenvalue weighted by atomic mass is 35.5. The molecule has 0 aliphatic carbocycles. The third-order valence-corrected chi connectivity index (χ3v) is 4.54. The van der Waals surface area contributed by atoms with E-state index in [1.165, 1.54) is 30.3 Å². The van der Waals surface area contributed by atoms with Gasteiger partial charge in [0, 0.05) is 11.1 Å². The summed E-state index contributed by atoms with van der Waals surface area (Å²) in [5.41, 5.74) is 0.637. The van der Waals surface area contributed by atoms with Crippen LogP contribution in [0.3, 0.4) is 0 Å². The van der Waals surface area contributed by atoms with E-state index in [1.807, 2.05) is 0 Å². The zero-order chi connectivity index (χ0) is 16.5. The van der Waals surface area contributed by atoms with Crippen LogP contribution >= 0.6 is 11.6 Å². The molecule has 6 nitrogen and oxygen atoms in total.